The van der Waals surface area contributed by atoms with Crippen molar-refractivity contribution in [1.29, 1.82) is 0 Å². The number of anilines is 1. The summed E-state index contributed by atoms with van der Waals surface area (Å²) in [6.07, 6.45) is 2.51. The highest BCUT2D eigenvalue weighted by molar-refractivity contribution is 9.10. The fourth-order valence-corrected chi connectivity index (χ4v) is 3.29. The summed E-state index contributed by atoms with van der Waals surface area (Å²) in [6, 6.07) is 6.64. The van der Waals surface area contributed by atoms with E-state index >= 15 is 0 Å². The number of nitrogens with zero attached hydrogens (tertiary/aromatic N) is 2. The highest BCUT2D eigenvalue weighted by Gasteiger charge is 2.22. The smallest absolute Gasteiger partial charge is 0.0682 e. The van der Waals surface area contributed by atoms with Crippen LogP contribution in [-0.4, -0.2) is 43.2 Å². The van der Waals surface area contributed by atoms with Crippen LogP contribution in [0.4, 0.5) is 5.69 Å². The van der Waals surface area contributed by atoms with E-state index in [1.807, 2.05) is 12.1 Å². The Morgan fingerprint density at radius 3 is 2.89 bits per heavy atom. The predicted molar refractivity (Wildman–Crippen MR) is 79.0 cm³/mol. The Kier molecular flexibility index (Phi) is 4.65. The Bertz CT molecular complexity index is 411. The van der Waals surface area contributed by atoms with Crippen molar-refractivity contribution in [1.82, 2.24) is 4.90 Å². The average molecular weight is 313 g/mol. The van der Waals surface area contributed by atoms with Crippen molar-refractivity contribution >= 4 is 21.6 Å². The van der Waals surface area contributed by atoms with Gasteiger partial charge >= 0.3 is 0 Å². The molecule has 1 fully saturated rings. The van der Waals surface area contributed by atoms with Gasteiger partial charge in [0.15, 0.2) is 0 Å². The van der Waals surface area contributed by atoms with Crippen LogP contribution in [-0.2, 0) is 6.61 Å². The summed E-state index contributed by atoms with van der Waals surface area (Å²) in [4.78, 5) is 4.74. The normalized spacial score (nSPS) is 21.0. The lowest BCUT2D eigenvalue weighted by molar-refractivity contribution is 0.248. The number of hydrogen-bond donors (Lipinski definition) is 1. The molecule has 1 N–H and O–H groups in total. The zero-order chi connectivity index (χ0) is 13.1. The molecule has 1 heterocycles. The number of aliphatic hydroxyl groups is 1. The van der Waals surface area contributed by atoms with Gasteiger partial charge < -0.3 is 14.9 Å². The lowest BCUT2D eigenvalue weighted by Crippen LogP contribution is -2.45. The van der Waals surface area contributed by atoms with Crippen molar-refractivity contribution < 1.29 is 5.11 Å². The molecule has 1 aromatic carbocycles. The maximum absolute atomic E-state index is 9.13. The molecule has 0 bridgehead atoms. The van der Waals surface area contributed by atoms with Crippen LogP contribution in [0.1, 0.15) is 18.4 Å². The van der Waals surface area contributed by atoms with Gasteiger partial charge in [-0.05, 0) is 60.1 Å². The molecule has 3 nitrogen and oxygen atoms in total. The van der Waals surface area contributed by atoms with Crippen LogP contribution < -0.4 is 4.90 Å². The van der Waals surface area contributed by atoms with Gasteiger partial charge in [-0.15, -0.1) is 0 Å². The maximum atomic E-state index is 9.13. The van der Waals surface area contributed by atoms with Crippen molar-refractivity contribution in [3.05, 3.63) is 28.2 Å². The number of benzene rings is 1. The van der Waals surface area contributed by atoms with Crippen molar-refractivity contribution in [3.63, 3.8) is 0 Å². The van der Waals surface area contributed by atoms with Gasteiger partial charge in [-0.2, -0.15) is 0 Å². The number of likely N-dealkylation sites (tertiary alicyclic amines) is 1. The summed E-state index contributed by atoms with van der Waals surface area (Å²) in [5, 5.41) is 9.13. The molecule has 0 radical (unpaired) electrons. The Hall–Kier alpha value is -0.580. The van der Waals surface area contributed by atoms with Crippen LogP contribution >= 0.6 is 15.9 Å². The van der Waals surface area contributed by atoms with Gasteiger partial charge in [0.2, 0.25) is 0 Å². The summed E-state index contributed by atoms with van der Waals surface area (Å²) >= 11 is 3.60. The third kappa shape index (κ3) is 3.05. The largest absolute Gasteiger partial charge is 0.392 e. The Labute approximate surface area is 118 Å². The SMILES string of the molecule is CN1CCCC(N(C)c2ccc(CO)cc2Br)C1. The Balaban J connectivity index is 2.15. The van der Waals surface area contributed by atoms with Gasteiger partial charge in [0, 0.05) is 24.1 Å². The van der Waals surface area contributed by atoms with Crippen LogP contribution in [0.25, 0.3) is 0 Å². The second-order valence-corrected chi connectivity index (χ2v) is 5.97. The number of hydrogen-bond acceptors (Lipinski definition) is 3. The molecular formula is C14H21BrN2O. The summed E-state index contributed by atoms with van der Waals surface area (Å²) in [5.74, 6) is 0. The van der Waals surface area contributed by atoms with E-state index < -0.39 is 0 Å². The fourth-order valence-electron chi connectivity index (χ4n) is 2.59. The molecule has 18 heavy (non-hydrogen) atoms. The van der Waals surface area contributed by atoms with Crippen LogP contribution in [0.2, 0.25) is 0 Å². The molecule has 2 rings (SSSR count). The van der Waals surface area contributed by atoms with E-state index in [0.29, 0.717) is 6.04 Å². The topological polar surface area (TPSA) is 26.7 Å². The monoisotopic (exact) mass is 312 g/mol. The molecule has 1 aromatic rings. The maximum Gasteiger partial charge on any atom is 0.0682 e. The van der Waals surface area contributed by atoms with Gasteiger partial charge in [-0.25, -0.2) is 0 Å². The van der Waals surface area contributed by atoms with Gasteiger partial charge in [-0.1, -0.05) is 6.07 Å². The summed E-state index contributed by atoms with van der Waals surface area (Å²) in [6.45, 7) is 2.41. The van der Waals surface area contributed by atoms with Crippen molar-refractivity contribution in [2.45, 2.75) is 25.5 Å². The summed E-state index contributed by atoms with van der Waals surface area (Å²) in [7, 11) is 4.34. The lowest BCUT2D eigenvalue weighted by atomic mass is 10.0. The van der Waals surface area contributed by atoms with Crippen LogP contribution in [0.5, 0.6) is 0 Å². The number of likely N-dealkylation sites (N-methyl/N-ethyl adjacent to an activating group) is 2. The lowest BCUT2D eigenvalue weighted by Gasteiger charge is -2.37. The quantitative estimate of drug-likeness (QED) is 0.929. The van der Waals surface area contributed by atoms with Crippen LogP contribution in [0, 0.1) is 0 Å². The number of rotatable bonds is 3. The molecule has 1 saturated heterocycles. The van der Waals surface area contributed by atoms with Gasteiger partial charge in [0.25, 0.3) is 0 Å². The van der Waals surface area contributed by atoms with E-state index in [1.54, 1.807) is 0 Å². The van der Waals surface area contributed by atoms with Gasteiger partial charge in [0.05, 0.1) is 12.3 Å². The Morgan fingerprint density at radius 1 is 1.50 bits per heavy atom. The molecule has 0 amide bonds. The average Bonchev–Trinajstić information content (AvgIpc) is 2.37. The molecule has 0 saturated carbocycles. The van der Waals surface area contributed by atoms with Crippen molar-refractivity contribution in [2.24, 2.45) is 0 Å². The fraction of sp³-hybridized carbons (Fsp3) is 0.571. The second kappa shape index (κ2) is 6.04. The van der Waals surface area contributed by atoms with E-state index in [4.69, 9.17) is 5.11 Å². The van der Waals surface area contributed by atoms with Crippen LogP contribution in [0.15, 0.2) is 22.7 Å². The summed E-state index contributed by atoms with van der Waals surface area (Å²) < 4.78 is 1.06. The second-order valence-electron chi connectivity index (χ2n) is 5.11. The molecule has 1 unspecified atom stereocenters. The molecule has 0 aromatic heterocycles. The standard InChI is InChI=1S/C14H21BrN2O/c1-16-7-3-4-12(9-16)17(2)14-6-5-11(10-18)8-13(14)15/h5-6,8,12,18H,3-4,7,9-10H2,1-2H3. The molecule has 0 aliphatic carbocycles. The predicted octanol–water partition coefficient (Wildman–Crippen LogP) is 2.47. The molecule has 1 aliphatic rings. The van der Waals surface area contributed by atoms with Gasteiger partial charge in [-0.3, -0.25) is 0 Å². The highest BCUT2D eigenvalue weighted by Crippen LogP contribution is 2.29. The minimum atomic E-state index is 0.0920. The zero-order valence-electron chi connectivity index (χ0n) is 11.1. The molecule has 1 atom stereocenters. The first kappa shape index (κ1) is 13.8. The molecule has 4 heteroatoms. The number of aliphatic hydroxyl groups excluding tert-OH is 1. The van der Waals surface area contributed by atoms with E-state index in [0.717, 1.165) is 16.6 Å². The van der Waals surface area contributed by atoms with Crippen LogP contribution in [0.3, 0.4) is 0 Å². The van der Waals surface area contributed by atoms with E-state index in [-0.39, 0.29) is 6.61 Å². The first-order valence-electron chi connectivity index (χ1n) is 6.42. The van der Waals surface area contributed by atoms with Crippen molar-refractivity contribution in [3.8, 4) is 0 Å². The highest BCUT2D eigenvalue weighted by atomic mass is 79.9. The third-order valence-corrected chi connectivity index (χ3v) is 4.36. The zero-order valence-corrected chi connectivity index (χ0v) is 12.7. The number of halogens is 1. The van der Waals surface area contributed by atoms with E-state index in [1.165, 1.54) is 25.1 Å². The van der Waals surface area contributed by atoms with E-state index in [9.17, 15) is 0 Å². The molecule has 0 spiro atoms. The number of piperidine rings is 1. The minimum absolute atomic E-state index is 0.0920. The molecule has 1 aliphatic heterocycles. The molecular weight excluding hydrogens is 292 g/mol. The van der Waals surface area contributed by atoms with Gasteiger partial charge in [0.1, 0.15) is 0 Å². The Morgan fingerprint density at radius 2 is 2.28 bits per heavy atom. The third-order valence-electron chi connectivity index (χ3n) is 3.72. The minimum Gasteiger partial charge on any atom is -0.392 e. The molecule has 100 valence electrons. The first-order chi connectivity index (χ1) is 8.61. The van der Waals surface area contributed by atoms with Crippen molar-refractivity contribution in [2.75, 3.05) is 32.1 Å². The summed E-state index contributed by atoms with van der Waals surface area (Å²) in [5.41, 5.74) is 2.15. The van der Waals surface area contributed by atoms with E-state index in [2.05, 4.69) is 45.9 Å². The first-order valence-corrected chi connectivity index (χ1v) is 7.21.